The Balaban J connectivity index is 2.64. The predicted octanol–water partition coefficient (Wildman–Crippen LogP) is 2.30. The normalized spacial score (nSPS) is 11.8. The lowest BCUT2D eigenvalue weighted by molar-refractivity contribution is -0.137. The lowest BCUT2D eigenvalue weighted by atomic mass is 10.1. The summed E-state index contributed by atoms with van der Waals surface area (Å²) >= 11 is 0. The van der Waals surface area contributed by atoms with Crippen LogP contribution in [0.25, 0.3) is 0 Å². The Kier molecular flexibility index (Phi) is 3.92. The quantitative estimate of drug-likeness (QED) is 0.725. The molecule has 1 aromatic rings. The molecule has 0 unspecified atom stereocenters. The molecule has 0 aliphatic rings. The molecule has 1 aromatic carbocycles. The number of aliphatic carboxylic acids is 1. The third-order valence-electron chi connectivity index (χ3n) is 2.09. The highest BCUT2D eigenvalue weighted by atomic mass is 16.4. The predicted molar refractivity (Wildman–Crippen MR) is 61.1 cm³/mol. The van der Waals surface area contributed by atoms with E-state index in [1.807, 2.05) is 30.3 Å². The number of allylic oxidation sites excluding steroid dienone is 1. The summed E-state index contributed by atoms with van der Waals surface area (Å²) in [5.74, 6) is -0.856. The van der Waals surface area contributed by atoms with Crippen LogP contribution >= 0.6 is 0 Å². The summed E-state index contributed by atoms with van der Waals surface area (Å²) in [7, 11) is 0. The molecule has 0 amide bonds. The van der Waals surface area contributed by atoms with Crippen molar-refractivity contribution in [1.82, 2.24) is 0 Å². The highest BCUT2D eigenvalue weighted by Gasteiger charge is 2.09. The Morgan fingerprint density at radius 2 is 2.13 bits per heavy atom. The molecule has 0 heterocycles. The Morgan fingerprint density at radius 1 is 1.53 bits per heavy atom. The molecule has 3 heteroatoms. The molecule has 1 atom stereocenters. The van der Waals surface area contributed by atoms with Gasteiger partial charge in [-0.1, -0.05) is 18.2 Å². The fraction of sp³-hybridized carbons (Fsp3) is 0.250. The Hall–Kier alpha value is -1.77. The van der Waals surface area contributed by atoms with Crippen molar-refractivity contribution in [3.8, 4) is 0 Å². The molecule has 0 saturated carbocycles. The average molecular weight is 205 g/mol. The molecule has 3 nitrogen and oxygen atoms in total. The Labute approximate surface area is 89.4 Å². The highest BCUT2D eigenvalue weighted by molar-refractivity contribution is 5.76. The van der Waals surface area contributed by atoms with E-state index in [2.05, 4.69) is 11.9 Å². The number of carboxylic acid groups (broad SMARTS) is 1. The molecular weight excluding hydrogens is 190 g/mol. The van der Waals surface area contributed by atoms with E-state index in [0.29, 0.717) is 0 Å². The summed E-state index contributed by atoms with van der Waals surface area (Å²) < 4.78 is 0. The SMILES string of the molecule is C=CCc1ccc(N[C@@H](C)C(=O)O)cc1. The zero-order chi connectivity index (χ0) is 11.3. The maximum atomic E-state index is 10.6. The first kappa shape index (κ1) is 11.3. The molecule has 0 aliphatic carbocycles. The van der Waals surface area contributed by atoms with Gasteiger partial charge in [0, 0.05) is 5.69 Å². The van der Waals surface area contributed by atoms with Crippen molar-refractivity contribution in [2.75, 3.05) is 5.32 Å². The Morgan fingerprint density at radius 3 is 2.60 bits per heavy atom. The number of rotatable bonds is 5. The third-order valence-corrected chi connectivity index (χ3v) is 2.09. The van der Waals surface area contributed by atoms with Crippen molar-refractivity contribution < 1.29 is 9.90 Å². The van der Waals surface area contributed by atoms with Crippen molar-refractivity contribution in [1.29, 1.82) is 0 Å². The van der Waals surface area contributed by atoms with Crippen molar-refractivity contribution in [2.24, 2.45) is 0 Å². The van der Waals surface area contributed by atoms with Gasteiger partial charge in [0.2, 0.25) is 0 Å². The lowest BCUT2D eigenvalue weighted by Gasteiger charge is -2.10. The van der Waals surface area contributed by atoms with E-state index >= 15 is 0 Å². The van der Waals surface area contributed by atoms with E-state index in [1.54, 1.807) is 6.92 Å². The molecule has 15 heavy (non-hydrogen) atoms. The van der Waals surface area contributed by atoms with Crippen LogP contribution in [0.2, 0.25) is 0 Å². The standard InChI is InChI=1S/C12H15NO2/c1-3-4-10-5-7-11(8-6-10)13-9(2)12(14)15/h3,5-9,13H,1,4H2,2H3,(H,14,15)/t9-/m0/s1. The van der Waals surface area contributed by atoms with E-state index in [9.17, 15) is 4.79 Å². The summed E-state index contributed by atoms with van der Waals surface area (Å²) in [6.07, 6.45) is 2.66. The van der Waals surface area contributed by atoms with Crippen LogP contribution < -0.4 is 5.32 Å². The van der Waals surface area contributed by atoms with Gasteiger partial charge in [-0.3, -0.25) is 4.79 Å². The first-order valence-corrected chi connectivity index (χ1v) is 4.82. The summed E-state index contributed by atoms with van der Waals surface area (Å²) in [5.41, 5.74) is 1.98. The van der Waals surface area contributed by atoms with E-state index in [0.717, 1.165) is 12.1 Å². The van der Waals surface area contributed by atoms with Crippen molar-refractivity contribution in [2.45, 2.75) is 19.4 Å². The van der Waals surface area contributed by atoms with Crippen LogP contribution in [0.4, 0.5) is 5.69 Å². The molecule has 2 N–H and O–H groups in total. The van der Waals surface area contributed by atoms with Crippen molar-refractivity contribution >= 4 is 11.7 Å². The molecule has 0 aromatic heterocycles. The van der Waals surface area contributed by atoms with Gasteiger partial charge in [0.25, 0.3) is 0 Å². The van der Waals surface area contributed by atoms with Crippen LogP contribution in [-0.2, 0) is 11.2 Å². The van der Waals surface area contributed by atoms with Crippen LogP contribution in [0.5, 0.6) is 0 Å². The number of hydrogen-bond acceptors (Lipinski definition) is 2. The molecule has 0 bridgehead atoms. The lowest BCUT2D eigenvalue weighted by Crippen LogP contribution is -2.25. The minimum Gasteiger partial charge on any atom is -0.480 e. The molecule has 1 rings (SSSR count). The van der Waals surface area contributed by atoms with Gasteiger partial charge in [-0.05, 0) is 31.0 Å². The van der Waals surface area contributed by atoms with Gasteiger partial charge in [-0.25, -0.2) is 0 Å². The zero-order valence-electron chi connectivity index (χ0n) is 8.73. The maximum Gasteiger partial charge on any atom is 0.325 e. The van der Waals surface area contributed by atoms with Crippen molar-refractivity contribution in [3.05, 3.63) is 42.5 Å². The summed E-state index contributed by atoms with van der Waals surface area (Å²) in [6.45, 7) is 5.27. The van der Waals surface area contributed by atoms with Gasteiger partial charge in [0.15, 0.2) is 0 Å². The number of carboxylic acids is 1. The van der Waals surface area contributed by atoms with Gasteiger partial charge >= 0.3 is 5.97 Å². The molecule has 0 radical (unpaired) electrons. The van der Waals surface area contributed by atoms with E-state index in [4.69, 9.17) is 5.11 Å². The fourth-order valence-electron chi connectivity index (χ4n) is 1.22. The first-order chi connectivity index (χ1) is 7.13. The largest absolute Gasteiger partial charge is 0.480 e. The second kappa shape index (κ2) is 5.20. The molecule has 0 fully saturated rings. The molecular formula is C12H15NO2. The van der Waals surface area contributed by atoms with Gasteiger partial charge in [0.05, 0.1) is 0 Å². The number of benzene rings is 1. The van der Waals surface area contributed by atoms with Crippen LogP contribution in [0.1, 0.15) is 12.5 Å². The summed E-state index contributed by atoms with van der Waals surface area (Å²) in [5, 5.41) is 11.6. The second-order valence-corrected chi connectivity index (χ2v) is 3.39. The maximum absolute atomic E-state index is 10.6. The van der Waals surface area contributed by atoms with Gasteiger partial charge in [-0.15, -0.1) is 6.58 Å². The third kappa shape index (κ3) is 3.46. The zero-order valence-corrected chi connectivity index (χ0v) is 8.73. The first-order valence-electron chi connectivity index (χ1n) is 4.82. The Bertz CT molecular complexity index is 343. The summed E-state index contributed by atoms with van der Waals surface area (Å²) in [6, 6.07) is 7.09. The highest BCUT2D eigenvalue weighted by Crippen LogP contribution is 2.11. The number of anilines is 1. The molecule has 0 spiro atoms. The van der Waals surface area contributed by atoms with Gasteiger partial charge < -0.3 is 10.4 Å². The van der Waals surface area contributed by atoms with Crippen LogP contribution in [0.15, 0.2) is 36.9 Å². The van der Waals surface area contributed by atoms with Gasteiger partial charge in [0.1, 0.15) is 6.04 Å². The summed E-state index contributed by atoms with van der Waals surface area (Å²) in [4.78, 5) is 10.6. The van der Waals surface area contributed by atoms with E-state index in [1.165, 1.54) is 5.56 Å². The van der Waals surface area contributed by atoms with Crippen LogP contribution in [0, 0.1) is 0 Å². The van der Waals surface area contributed by atoms with Crippen molar-refractivity contribution in [3.63, 3.8) is 0 Å². The topological polar surface area (TPSA) is 49.3 Å². The van der Waals surface area contributed by atoms with E-state index in [-0.39, 0.29) is 0 Å². The minimum atomic E-state index is -0.856. The van der Waals surface area contributed by atoms with E-state index < -0.39 is 12.0 Å². The fourth-order valence-corrected chi connectivity index (χ4v) is 1.22. The molecule has 0 aliphatic heterocycles. The number of nitrogens with one attached hydrogen (secondary N) is 1. The molecule has 80 valence electrons. The van der Waals surface area contributed by atoms with Gasteiger partial charge in [-0.2, -0.15) is 0 Å². The smallest absolute Gasteiger partial charge is 0.325 e. The second-order valence-electron chi connectivity index (χ2n) is 3.39. The van der Waals surface area contributed by atoms with Crippen LogP contribution in [-0.4, -0.2) is 17.1 Å². The number of hydrogen-bond donors (Lipinski definition) is 2. The average Bonchev–Trinajstić information content (AvgIpc) is 2.21. The minimum absolute atomic E-state index is 0.574. The molecule has 0 saturated heterocycles. The number of carbonyl (C=O) groups is 1. The van der Waals surface area contributed by atoms with Crippen LogP contribution in [0.3, 0.4) is 0 Å². The monoisotopic (exact) mass is 205 g/mol.